The summed E-state index contributed by atoms with van der Waals surface area (Å²) in [6.45, 7) is 6.52. The molecule has 0 atom stereocenters. The van der Waals surface area contributed by atoms with Crippen LogP contribution in [0.1, 0.15) is 26.0 Å². The third-order valence-corrected chi connectivity index (χ3v) is 5.96. The number of aliphatic imine (C=N–C) groups is 1. The molecule has 1 aromatic carbocycles. The molecule has 3 aromatic heterocycles. The normalized spacial score (nSPS) is 15.0. The standard InChI is InChI=1S/C25H25N9.C2H6/c1-32-15-19(13-29-32)23-14-28-25-24(31-22(16-34(23)25)18-4-2-9-26-12-18)30-20-5-7-21(8-6-20)33-11-3-10-27-17-33;1-2/h3-8,11,13-17,26H,2,9-10,12H2,1H3,(H,30,31);1-2H3. The highest BCUT2D eigenvalue weighted by Crippen LogP contribution is 2.29. The van der Waals surface area contributed by atoms with Crippen molar-refractivity contribution >= 4 is 34.8 Å². The van der Waals surface area contributed by atoms with E-state index in [0.717, 1.165) is 60.0 Å². The van der Waals surface area contributed by atoms with Crippen molar-refractivity contribution in [2.24, 2.45) is 12.0 Å². The number of rotatable bonds is 5. The highest BCUT2D eigenvalue weighted by atomic mass is 15.2. The van der Waals surface area contributed by atoms with Crippen molar-refractivity contribution in [2.75, 3.05) is 29.9 Å². The maximum atomic E-state index is 4.98. The van der Waals surface area contributed by atoms with Gasteiger partial charge in [-0.1, -0.05) is 19.9 Å². The molecule has 9 heteroatoms. The molecule has 9 nitrogen and oxygen atoms in total. The molecule has 0 bridgehead atoms. The number of hydrogen-bond acceptors (Lipinski definition) is 7. The summed E-state index contributed by atoms with van der Waals surface area (Å²) in [5, 5.41) is 11.3. The van der Waals surface area contributed by atoms with Gasteiger partial charge in [-0.05, 0) is 48.9 Å². The van der Waals surface area contributed by atoms with Gasteiger partial charge in [0, 0.05) is 49.1 Å². The van der Waals surface area contributed by atoms with Crippen LogP contribution in [0.25, 0.3) is 22.5 Å². The summed E-state index contributed by atoms with van der Waals surface area (Å²) in [6.07, 6.45) is 17.0. The number of nitrogens with one attached hydrogen (secondary N) is 2. The molecule has 0 fully saturated rings. The van der Waals surface area contributed by atoms with Crippen LogP contribution in [0.4, 0.5) is 17.2 Å². The molecule has 0 spiro atoms. The van der Waals surface area contributed by atoms with Gasteiger partial charge >= 0.3 is 0 Å². The van der Waals surface area contributed by atoms with E-state index in [1.165, 1.54) is 5.57 Å². The third kappa shape index (κ3) is 4.78. The van der Waals surface area contributed by atoms with Crippen molar-refractivity contribution in [1.29, 1.82) is 0 Å². The number of aromatic nitrogens is 5. The maximum Gasteiger partial charge on any atom is 0.180 e. The summed E-state index contributed by atoms with van der Waals surface area (Å²) >= 11 is 0. The number of hydrogen-bond donors (Lipinski definition) is 2. The van der Waals surface area contributed by atoms with E-state index in [1.54, 1.807) is 4.68 Å². The van der Waals surface area contributed by atoms with Crippen LogP contribution < -0.4 is 15.5 Å². The minimum atomic E-state index is 0.714. The lowest BCUT2D eigenvalue weighted by atomic mass is 10.1. The van der Waals surface area contributed by atoms with Gasteiger partial charge in [0.2, 0.25) is 0 Å². The van der Waals surface area contributed by atoms with E-state index in [1.807, 2.05) is 75.1 Å². The molecule has 0 saturated heterocycles. The Labute approximate surface area is 210 Å². The zero-order valence-electron chi connectivity index (χ0n) is 20.9. The van der Waals surface area contributed by atoms with Crippen LogP contribution in [-0.4, -0.2) is 50.1 Å². The van der Waals surface area contributed by atoms with E-state index in [9.17, 15) is 0 Å². The molecule has 0 radical (unpaired) electrons. The SMILES string of the molecule is CC.Cn1cc(-c2cnc3c(Nc4ccc(N5C=CCN=C5)cc4)nc(C4=CCCNC4)cn23)cn1. The fourth-order valence-electron chi connectivity index (χ4n) is 4.23. The Morgan fingerprint density at radius 2 is 1.92 bits per heavy atom. The first kappa shape index (κ1) is 23.5. The van der Waals surface area contributed by atoms with Gasteiger partial charge in [0.25, 0.3) is 0 Å². The van der Waals surface area contributed by atoms with Crippen LogP contribution in [0.15, 0.2) is 72.4 Å². The molecule has 184 valence electrons. The van der Waals surface area contributed by atoms with Crippen molar-refractivity contribution in [3.05, 3.63) is 73.1 Å². The van der Waals surface area contributed by atoms with Crippen LogP contribution in [0.2, 0.25) is 0 Å². The Balaban J connectivity index is 0.00000130. The van der Waals surface area contributed by atoms with Crippen molar-refractivity contribution in [3.8, 4) is 11.3 Å². The topological polar surface area (TPSA) is 87.7 Å². The molecule has 0 saturated carbocycles. The lowest BCUT2D eigenvalue weighted by Gasteiger charge is -2.18. The summed E-state index contributed by atoms with van der Waals surface area (Å²) in [4.78, 5) is 16.0. The van der Waals surface area contributed by atoms with Crippen molar-refractivity contribution in [3.63, 3.8) is 0 Å². The lowest BCUT2D eigenvalue weighted by molar-refractivity contribution is 0.737. The molecule has 6 rings (SSSR count). The molecule has 2 N–H and O–H groups in total. The number of anilines is 3. The molecule has 0 aliphatic carbocycles. The summed E-state index contributed by atoms with van der Waals surface area (Å²) in [6, 6.07) is 8.21. The average Bonchev–Trinajstić information content (AvgIpc) is 3.57. The van der Waals surface area contributed by atoms with Gasteiger partial charge in [-0.3, -0.25) is 14.1 Å². The molecule has 0 unspecified atom stereocenters. The lowest BCUT2D eigenvalue weighted by Crippen LogP contribution is -2.22. The fraction of sp³-hybridized carbons (Fsp3) is 0.259. The zero-order chi connectivity index (χ0) is 24.9. The molecule has 0 amide bonds. The van der Waals surface area contributed by atoms with Crippen LogP contribution in [-0.2, 0) is 7.05 Å². The minimum Gasteiger partial charge on any atom is -0.337 e. The molecule has 4 aromatic rings. The van der Waals surface area contributed by atoms with Gasteiger partial charge in [0.15, 0.2) is 11.5 Å². The molecule has 2 aliphatic heterocycles. The average molecular weight is 482 g/mol. The number of aryl methyl sites for hydroxylation is 1. The second-order valence-electron chi connectivity index (χ2n) is 8.35. The first-order chi connectivity index (χ1) is 17.7. The zero-order valence-corrected chi connectivity index (χ0v) is 20.9. The first-order valence-electron chi connectivity index (χ1n) is 12.3. The third-order valence-electron chi connectivity index (χ3n) is 5.96. The van der Waals surface area contributed by atoms with E-state index in [2.05, 4.69) is 49.5 Å². The highest BCUT2D eigenvalue weighted by molar-refractivity contribution is 5.83. The second-order valence-corrected chi connectivity index (χ2v) is 8.35. The molecule has 36 heavy (non-hydrogen) atoms. The molecule has 5 heterocycles. The van der Waals surface area contributed by atoms with Crippen LogP contribution in [0, 0.1) is 0 Å². The van der Waals surface area contributed by atoms with Crippen molar-refractivity contribution < 1.29 is 0 Å². The monoisotopic (exact) mass is 481 g/mol. The van der Waals surface area contributed by atoms with Gasteiger partial charge in [-0.25, -0.2) is 9.97 Å². The van der Waals surface area contributed by atoms with Crippen LogP contribution in [0.3, 0.4) is 0 Å². The van der Waals surface area contributed by atoms with Gasteiger partial charge in [0.05, 0.1) is 36.7 Å². The smallest absolute Gasteiger partial charge is 0.180 e. The number of nitrogens with zero attached hydrogens (tertiary/aromatic N) is 7. The van der Waals surface area contributed by atoms with Gasteiger partial charge in [-0.2, -0.15) is 5.10 Å². The quantitative estimate of drug-likeness (QED) is 0.432. The van der Waals surface area contributed by atoms with E-state index < -0.39 is 0 Å². The number of fused-ring (bicyclic) bond motifs is 1. The van der Waals surface area contributed by atoms with Crippen molar-refractivity contribution in [1.82, 2.24) is 29.5 Å². The molecular formula is C27H31N9. The van der Waals surface area contributed by atoms with Gasteiger partial charge < -0.3 is 15.5 Å². The second kappa shape index (κ2) is 10.6. The Morgan fingerprint density at radius 3 is 2.61 bits per heavy atom. The summed E-state index contributed by atoms with van der Waals surface area (Å²) in [5.41, 5.74) is 6.86. The number of imidazole rings is 1. The Morgan fingerprint density at radius 1 is 1.06 bits per heavy atom. The van der Waals surface area contributed by atoms with E-state index in [4.69, 9.17) is 9.97 Å². The predicted octanol–water partition coefficient (Wildman–Crippen LogP) is 4.64. The van der Waals surface area contributed by atoms with E-state index in [-0.39, 0.29) is 0 Å². The largest absolute Gasteiger partial charge is 0.337 e. The minimum absolute atomic E-state index is 0.714. The van der Waals surface area contributed by atoms with Gasteiger partial charge in [-0.15, -0.1) is 0 Å². The van der Waals surface area contributed by atoms with Crippen LogP contribution >= 0.6 is 0 Å². The molecule has 2 aliphatic rings. The van der Waals surface area contributed by atoms with E-state index >= 15 is 0 Å². The predicted molar refractivity (Wildman–Crippen MR) is 147 cm³/mol. The van der Waals surface area contributed by atoms with E-state index in [0.29, 0.717) is 5.82 Å². The summed E-state index contributed by atoms with van der Waals surface area (Å²) < 4.78 is 3.90. The maximum absolute atomic E-state index is 4.98. The Bertz CT molecular complexity index is 1410. The van der Waals surface area contributed by atoms with Crippen molar-refractivity contribution in [2.45, 2.75) is 20.3 Å². The Hall–Kier alpha value is -4.24. The fourth-order valence-corrected chi connectivity index (χ4v) is 4.23. The first-order valence-corrected chi connectivity index (χ1v) is 12.3. The summed E-state index contributed by atoms with van der Waals surface area (Å²) in [5.74, 6) is 0.714. The number of benzene rings is 1. The van der Waals surface area contributed by atoms with Gasteiger partial charge in [0.1, 0.15) is 0 Å². The molecular weight excluding hydrogens is 450 g/mol. The van der Waals surface area contributed by atoms with Crippen LogP contribution in [0.5, 0.6) is 0 Å². The Kier molecular flexibility index (Phi) is 6.90. The highest BCUT2D eigenvalue weighted by Gasteiger charge is 2.17. The summed E-state index contributed by atoms with van der Waals surface area (Å²) in [7, 11) is 1.92.